The largest absolute Gasteiger partial charge is 0.508 e. The molecule has 1 fully saturated rings. The van der Waals surface area contributed by atoms with Gasteiger partial charge in [0.25, 0.3) is 0 Å². The number of phenolic OH excluding ortho intramolecular Hbond substituents is 1. The molecule has 1 saturated heterocycles. The zero-order valence-corrected chi connectivity index (χ0v) is 14.9. The molecule has 2 aliphatic heterocycles. The number of aliphatic hydroxyl groups is 1. The number of halogens is 1. The molecule has 1 amide bonds. The van der Waals surface area contributed by atoms with Crippen molar-refractivity contribution in [1.82, 2.24) is 4.90 Å². The van der Waals surface area contributed by atoms with Gasteiger partial charge in [-0.05, 0) is 29.8 Å². The van der Waals surface area contributed by atoms with Crippen LogP contribution in [0.15, 0.2) is 59.1 Å². The van der Waals surface area contributed by atoms with Crippen LogP contribution in [0.4, 0.5) is 4.39 Å². The fraction of sp³-hybridized carbons (Fsp3) is 0.200. The average Bonchev–Trinajstić information content (AvgIpc) is 3.01. The molecular formula is C20H15FN2O3S. The lowest BCUT2D eigenvalue weighted by molar-refractivity contribution is -0.149. The minimum absolute atomic E-state index is 0.0000879. The lowest BCUT2D eigenvalue weighted by Crippen LogP contribution is -2.48. The first kappa shape index (κ1) is 17.6. The normalized spacial score (nSPS) is 24.7. The summed E-state index contributed by atoms with van der Waals surface area (Å²) >= 11 is 1.23. The molecule has 2 unspecified atom stereocenters. The molecule has 2 aromatic rings. The van der Waals surface area contributed by atoms with Gasteiger partial charge in [0.05, 0.1) is 22.4 Å². The Kier molecular flexibility index (Phi) is 4.17. The van der Waals surface area contributed by atoms with Crippen LogP contribution >= 0.6 is 11.8 Å². The van der Waals surface area contributed by atoms with Crippen LogP contribution in [0.5, 0.6) is 5.75 Å². The highest BCUT2D eigenvalue weighted by molar-refractivity contribution is 8.03. The van der Waals surface area contributed by atoms with Crippen molar-refractivity contribution in [2.75, 3.05) is 5.75 Å². The number of hydrogen-bond donors (Lipinski definition) is 2. The van der Waals surface area contributed by atoms with Gasteiger partial charge in [0.1, 0.15) is 11.6 Å². The highest BCUT2D eigenvalue weighted by Gasteiger charge is 2.51. The second-order valence-electron chi connectivity index (χ2n) is 6.52. The lowest BCUT2D eigenvalue weighted by Gasteiger charge is -2.38. The molecule has 136 valence electrons. The Balaban J connectivity index is 1.81. The van der Waals surface area contributed by atoms with Crippen molar-refractivity contribution >= 4 is 17.7 Å². The van der Waals surface area contributed by atoms with Crippen LogP contribution in [0.25, 0.3) is 0 Å². The van der Waals surface area contributed by atoms with Crippen molar-refractivity contribution in [3.8, 4) is 11.8 Å². The maximum atomic E-state index is 13.3. The van der Waals surface area contributed by atoms with Gasteiger partial charge >= 0.3 is 0 Å². The van der Waals surface area contributed by atoms with Gasteiger partial charge in [0.15, 0.2) is 5.72 Å². The van der Waals surface area contributed by atoms with Gasteiger partial charge in [0.2, 0.25) is 5.91 Å². The number of aromatic hydroxyl groups is 1. The van der Waals surface area contributed by atoms with Crippen LogP contribution in [0, 0.1) is 17.1 Å². The first-order valence-electron chi connectivity index (χ1n) is 8.31. The first-order chi connectivity index (χ1) is 12.9. The standard InChI is InChI=1S/C20H15FN2O3S/c21-14-6-4-13(5-7-14)20(26)11-27-19-17(10-22)16(9-18(25)23(19)20)12-2-1-3-15(24)8-12/h1-8,16,24,26H,9,11H2. The van der Waals surface area contributed by atoms with E-state index in [0.29, 0.717) is 21.7 Å². The van der Waals surface area contributed by atoms with Gasteiger partial charge in [-0.25, -0.2) is 4.39 Å². The van der Waals surface area contributed by atoms with Crippen LogP contribution in [-0.2, 0) is 10.5 Å². The number of phenols is 1. The number of thioether (sulfide) groups is 1. The van der Waals surface area contributed by atoms with Crippen molar-refractivity contribution in [3.05, 3.63) is 76.1 Å². The SMILES string of the molecule is N#CC1=C2SCC(O)(c3ccc(F)cc3)N2C(=O)CC1c1cccc(O)c1. The molecule has 2 N–H and O–H groups in total. The Bertz CT molecular complexity index is 999. The molecule has 2 aromatic carbocycles. The van der Waals surface area contributed by atoms with E-state index in [4.69, 9.17) is 0 Å². The smallest absolute Gasteiger partial charge is 0.231 e. The first-order valence-corrected chi connectivity index (χ1v) is 9.30. The summed E-state index contributed by atoms with van der Waals surface area (Å²) in [6.07, 6.45) is -0.0000879. The van der Waals surface area contributed by atoms with Crippen molar-refractivity contribution in [2.45, 2.75) is 18.1 Å². The molecule has 0 spiro atoms. The third-order valence-electron chi connectivity index (χ3n) is 4.89. The molecular weight excluding hydrogens is 367 g/mol. The van der Waals surface area contributed by atoms with Gasteiger partial charge in [-0.2, -0.15) is 5.26 Å². The summed E-state index contributed by atoms with van der Waals surface area (Å²) < 4.78 is 13.3. The average molecular weight is 382 g/mol. The zero-order valence-electron chi connectivity index (χ0n) is 14.1. The number of rotatable bonds is 2. The number of benzene rings is 2. The van der Waals surface area contributed by atoms with Crippen LogP contribution in [-0.4, -0.2) is 26.8 Å². The number of carbonyl (C=O) groups is 1. The third kappa shape index (κ3) is 2.78. The number of amides is 1. The Morgan fingerprint density at radius 3 is 2.67 bits per heavy atom. The van der Waals surface area contributed by atoms with Gasteiger partial charge in [-0.1, -0.05) is 24.3 Å². The molecule has 27 heavy (non-hydrogen) atoms. The lowest BCUT2D eigenvalue weighted by atomic mass is 9.85. The molecule has 0 aromatic heterocycles. The van der Waals surface area contributed by atoms with Gasteiger partial charge in [0, 0.05) is 17.9 Å². The summed E-state index contributed by atoms with van der Waals surface area (Å²) in [4.78, 5) is 14.2. The summed E-state index contributed by atoms with van der Waals surface area (Å²) in [5.74, 6) is -1.03. The predicted molar refractivity (Wildman–Crippen MR) is 97.7 cm³/mol. The molecule has 2 heterocycles. The van der Waals surface area contributed by atoms with Gasteiger partial charge < -0.3 is 10.2 Å². The molecule has 0 aliphatic carbocycles. The minimum atomic E-state index is -1.63. The Morgan fingerprint density at radius 1 is 1.26 bits per heavy atom. The quantitative estimate of drug-likeness (QED) is 0.833. The second-order valence-corrected chi connectivity index (χ2v) is 7.49. The molecule has 7 heteroatoms. The molecule has 2 aliphatic rings. The van der Waals surface area contributed by atoms with Crippen molar-refractivity contribution < 1.29 is 19.4 Å². The van der Waals surface area contributed by atoms with Crippen molar-refractivity contribution in [3.63, 3.8) is 0 Å². The van der Waals surface area contributed by atoms with E-state index in [1.54, 1.807) is 12.1 Å². The third-order valence-corrected chi connectivity index (χ3v) is 6.11. The maximum Gasteiger partial charge on any atom is 0.231 e. The second kappa shape index (κ2) is 6.41. The van der Waals surface area contributed by atoms with Crippen LogP contribution in [0.1, 0.15) is 23.5 Å². The van der Waals surface area contributed by atoms with E-state index in [9.17, 15) is 24.7 Å². The van der Waals surface area contributed by atoms with Crippen LogP contribution < -0.4 is 0 Å². The summed E-state index contributed by atoms with van der Waals surface area (Å²) in [5, 5.41) is 31.1. The summed E-state index contributed by atoms with van der Waals surface area (Å²) in [6, 6.07) is 14.0. The van der Waals surface area contributed by atoms with E-state index < -0.39 is 17.5 Å². The fourth-order valence-electron chi connectivity index (χ4n) is 3.58. The number of carbonyl (C=O) groups excluding carboxylic acids is 1. The van der Waals surface area contributed by atoms with Gasteiger partial charge in [-0.15, -0.1) is 11.8 Å². The zero-order chi connectivity index (χ0) is 19.2. The van der Waals surface area contributed by atoms with E-state index in [1.165, 1.54) is 53.1 Å². The highest BCUT2D eigenvalue weighted by atomic mass is 32.2. The molecule has 0 radical (unpaired) electrons. The topological polar surface area (TPSA) is 84.6 Å². The minimum Gasteiger partial charge on any atom is -0.508 e. The molecule has 5 nitrogen and oxygen atoms in total. The molecule has 0 saturated carbocycles. The number of allylic oxidation sites excluding steroid dienone is 1. The number of fused-ring (bicyclic) bond motifs is 1. The van der Waals surface area contributed by atoms with Crippen LogP contribution in [0.3, 0.4) is 0 Å². The maximum absolute atomic E-state index is 13.3. The monoisotopic (exact) mass is 382 g/mol. The van der Waals surface area contributed by atoms with E-state index in [-0.39, 0.29) is 23.8 Å². The molecule has 2 atom stereocenters. The van der Waals surface area contributed by atoms with E-state index in [1.807, 2.05) is 0 Å². The summed E-state index contributed by atoms with van der Waals surface area (Å²) in [7, 11) is 0. The molecule has 0 bridgehead atoms. The van der Waals surface area contributed by atoms with Crippen molar-refractivity contribution in [2.24, 2.45) is 0 Å². The number of nitrogens with zero attached hydrogens (tertiary/aromatic N) is 2. The Morgan fingerprint density at radius 2 is 2.00 bits per heavy atom. The van der Waals surface area contributed by atoms with Gasteiger partial charge in [-0.3, -0.25) is 9.69 Å². The Labute approximate surface area is 159 Å². The van der Waals surface area contributed by atoms with E-state index in [2.05, 4.69) is 6.07 Å². The van der Waals surface area contributed by atoms with Crippen LogP contribution in [0.2, 0.25) is 0 Å². The Hall–Kier alpha value is -2.82. The molecule has 4 rings (SSSR count). The van der Waals surface area contributed by atoms with Crippen molar-refractivity contribution in [1.29, 1.82) is 5.26 Å². The number of nitriles is 1. The number of hydrogen-bond acceptors (Lipinski definition) is 5. The summed E-state index contributed by atoms with van der Waals surface area (Å²) in [6.45, 7) is 0. The van der Waals surface area contributed by atoms with E-state index >= 15 is 0 Å². The van der Waals surface area contributed by atoms with E-state index in [0.717, 1.165) is 0 Å². The summed E-state index contributed by atoms with van der Waals surface area (Å²) in [5.41, 5.74) is -0.183. The fourth-order valence-corrected chi connectivity index (χ4v) is 4.94. The predicted octanol–water partition coefficient (Wildman–Crippen LogP) is 3.17. The highest BCUT2D eigenvalue weighted by Crippen LogP contribution is 2.51.